The van der Waals surface area contributed by atoms with E-state index in [0.29, 0.717) is 0 Å². The summed E-state index contributed by atoms with van der Waals surface area (Å²) in [4.78, 5) is 4.32. The van der Waals surface area contributed by atoms with Gasteiger partial charge in [-0.15, -0.1) is 0 Å². The maximum absolute atomic E-state index is 14.4. The average molecular weight is 369 g/mol. The lowest BCUT2D eigenvalue weighted by molar-refractivity contribution is 0.138. The Balaban J connectivity index is 1.38. The van der Waals surface area contributed by atoms with Gasteiger partial charge >= 0.3 is 0 Å². The van der Waals surface area contributed by atoms with Crippen molar-refractivity contribution in [3.05, 3.63) is 59.7 Å². The zero-order valence-electron chi connectivity index (χ0n) is 15.0. The minimum absolute atomic E-state index is 0.0438. The molecule has 2 aromatic rings. The molecule has 4 N–H and O–H groups in total. The summed E-state index contributed by atoms with van der Waals surface area (Å²) in [5.74, 6) is 1.02. The predicted octanol–water partition coefficient (Wildman–Crippen LogP) is 1.44. The van der Waals surface area contributed by atoms with Crippen LogP contribution in [0.15, 0.2) is 42.7 Å². The van der Waals surface area contributed by atoms with Gasteiger partial charge in [-0.25, -0.2) is 9.82 Å². The van der Waals surface area contributed by atoms with Crippen LogP contribution in [0.25, 0.3) is 0 Å². The van der Waals surface area contributed by atoms with Crippen LogP contribution in [0, 0.1) is 11.7 Å². The number of hydrazine groups is 1. The molecule has 4 heterocycles. The fourth-order valence-corrected chi connectivity index (χ4v) is 4.33. The van der Waals surface area contributed by atoms with Gasteiger partial charge in [-0.3, -0.25) is 10.4 Å². The monoisotopic (exact) mass is 369 g/mol. The first-order valence-corrected chi connectivity index (χ1v) is 9.60. The summed E-state index contributed by atoms with van der Waals surface area (Å²) in [6.45, 7) is 2.58. The normalized spacial score (nSPS) is 30.6. The Bertz CT molecular complexity index is 814. The molecule has 0 spiro atoms. The SMILES string of the molecule is Fc1ccccc1C1NNC2CNC(c3cnccc3OC3CNC3)CC21. The number of nitrogens with zero attached hydrogens (tertiary/aromatic N) is 1. The molecular formula is C20H24FN5O. The van der Waals surface area contributed by atoms with Crippen LogP contribution < -0.4 is 26.2 Å². The van der Waals surface area contributed by atoms with Gasteiger partial charge in [0.15, 0.2) is 0 Å². The van der Waals surface area contributed by atoms with E-state index in [4.69, 9.17) is 4.74 Å². The highest BCUT2D eigenvalue weighted by atomic mass is 19.1. The van der Waals surface area contributed by atoms with Crippen LogP contribution in [0.1, 0.15) is 29.6 Å². The molecule has 0 saturated carbocycles. The van der Waals surface area contributed by atoms with E-state index < -0.39 is 0 Å². The molecule has 3 fully saturated rings. The second-order valence-electron chi connectivity index (χ2n) is 7.57. The van der Waals surface area contributed by atoms with Crippen molar-refractivity contribution in [3.8, 4) is 5.75 Å². The Morgan fingerprint density at radius 2 is 1.93 bits per heavy atom. The van der Waals surface area contributed by atoms with Gasteiger partial charge in [-0.05, 0) is 24.5 Å². The number of ether oxygens (including phenoxy) is 1. The molecule has 6 nitrogen and oxygen atoms in total. The molecule has 1 aromatic carbocycles. The van der Waals surface area contributed by atoms with Crippen molar-refractivity contribution in [1.29, 1.82) is 0 Å². The van der Waals surface area contributed by atoms with E-state index in [1.807, 2.05) is 24.4 Å². The lowest BCUT2D eigenvalue weighted by Crippen LogP contribution is -2.50. The average Bonchev–Trinajstić information content (AvgIpc) is 3.08. The molecule has 0 aliphatic carbocycles. The van der Waals surface area contributed by atoms with Crippen LogP contribution >= 0.6 is 0 Å². The van der Waals surface area contributed by atoms with Crippen LogP contribution in [0.5, 0.6) is 5.75 Å². The van der Waals surface area contributed by atoms with Gasteiger partial charge in [0, 0.05) is 55.2 Å². The molecule has 0 radical (unpaired) electrons. The zero-order chi connectivity index (χ0) is 18.2. The van der Waals surface area contributed by atoms with E-state index in [1.54, 1.807) is 12.3 Å². The zero-order valence-corrected chi connectivity index (χ0v) is 15.0. The third kappa shape index (κ3) is 3.21. The van der Waals surface area contributed by atoms with Gasteiger partial charge in [-0.1, -0.05) is 18.2 Å². The smallest absolute Gasteiger partial charge is 0.128 e. The van der Waals surface area contributed by atoms with Crippen LogP contribution in [-0.2, 0) is 0 Å². The summed E-state index contributed by atoms with van der Waals surface area (Å²) in [7, 11) is 0. The standard InChI is InChI=1S/C20H24FN5O/c21-16-4-2-1-3-13(16)20-14-7-17(24-11-18(14)25-26-20)15-10-22-6-5-19(15)27-12-8-23-9-12/h1-6,10,12,14,17-18,20,23-26H,7-9,11H2. The molecule has 1 aromatic heterocycles. The van der Waals surface area contributed by atoms with Crippen molar-refractivity contribution in [2.75, 3.05) is 19.6 Å². The number of fused-ring (bicyclic) bond motifs is 1. The number of nitrogens with one attached hydrogen (secondary N) is 4. The van der Waals surface area contributed by atoms with Gasteiger partial charge in [0.2, 0.25) is 0 Å². The Morgan fingerprint density at radius 1 is 1.04 bits per heavy atom. The van der Waals surface area contributed by atoms with E-state index in [0.717, 1.165) is 42.9 Å². The van der Waals surface area contributed by atoms with Crippen molar-refractivity contribution >= 4 is 0 Å². The van der Waals surface area contributed by atoms with Crippen molar-refractivity contribution in [1.82, 2.24) is 26.5 Å². The number of rotatable bonds is 4. The molecule has 3 aliphatic rings. The molecular weight excluding hydrogens is 345 g/mol. The van der Waals surface area contributed by atoms with Crippen LogP contribution in [0.4, 0.5) is 4.39 Å². The second kappa shape index (κ2) is 7.16. The topological polar surface area (TPSA) is 70.2 Å². The molecule has 5 rings (SSSR count). The number of hydrogen-bond acceptors (Lipinski definition) is 6. The molecule has 0 amide bonds. The molecule has 4 atom stereocenters. The molecule has 142 valence electrons. The van der Waals surface area contributed by atoms with Gasteiger partial charge in [0.1, 0.15) is 17.7 Å². The Kier molecular flexibility index (Phi) is 4.53. The highest BCUT2D eigenvalue weighted by molar-refractivity contribution is 5.35. The number of halogens is 1. The maximum Gasteiger partial charge on any atom is 0.128 e. The van der Waals surface area contributed by atoms with Crippen molar-refractivity contribution in [2.45, 2.75) is 30.7 Å². The number of benzene rings is 1. The summed E-state index contributed by atoms with van der Waals surface area (Å²) in [6.07, 6.45) is 4.78. The fraction of sp³-hybridized carbons (Fsp3) is 0.450. The lowest BCUT2D eigenvalue weighted by Gasteiger charge is -2.36. The Morgan fingerprint density at radius 3 is 2.74 bits per heavy atom. The van der Waals surface area contributed by atoms with Crippen molar-refractivity contribution in [2.24, 2.45) is 5.92 Å². The van der Waals surface area contributed by atoms with E-state index in [2.05, 4.69) is 26.5 Å². The first-order valence-electron chi connectivity index (χ1n) is 9.60. The largest absolute Gasteiger partial charge is 0.487 e. The van der Waals surface area contributed by atoms with Gasteiger partial charge in [0.05, 0.1) is 6.04 Å². The lowest BCUT2D eigenvalue weighted by atomic mass is 9.80. The first kappa shape index (κ1) is 17.1. The van der Waals surface area contributed by atoms with E-state index in [1.165, 1.54) is 6.07 Å². The summed E-state index contributed by atoms with van der Waals surface area (Å²) in [5, 5.41) is 6.84. The number of piperidine rings is 1. The molecule has 3 saturated heterocycles. The number of pyridine rings is 1. The molecule has 27 heavy (non-hydrogen) atoms. The third-order valence-corrected chi connectivity index (χ3v) is 5.92. The van der Waals surface area contributed by atoms with E-state index in [-0.39, 0.29) is 36.0 Å². The molecule has 4 unspecified atom stereocenters. The van der Waals surface area contributed by atoms with Crippen LogP contribution in [0.2, 0.25) is 0 Å². The van der Waals surface area contributed by atoms with Crippen molar-refractivity contribution < 1.29 is 9.13 Å². The minimum Gasteiger partial charge on any atom is -0.487 e. The van der Waals surface area contributed by atoms with Crippen molar-refractivity contribution in [3.63, 3.8) is 0 Å². The number of hydrogen-bond donors (Lipinski definition) is 4. The minimum atomic E-state index is -0.157. The molecule has 7 heteroatoms. The Hall–Kier alpha value is -2.06. The first-order chi connectivity index (χ1) is 13.3. The summed E-state index contributed by atoms with van der Waals surface area (Å²) in [5.41, 5.74) is 8.45. The van der Waals surface area contributed by atoms with Gasteiger partial charge in [0.25, 0.3) is 0 Å². The Labute approximate surface area is 157 Å². The predicted molar refractivity (Wildman–Crippen MR) is 99.6 cm³/mol. The highest BCUT2D eigenvalue weighted by Crippen LogP contribution is 2.40. The maximum atomic E-state index is 14.4. The summed E-state index contributed by atoms with van der Waals surface area (Å²) >= 11 is 0. The summed E-state index contributed by atoms with van der Waals surface area (Å²) < 4.78 is 20.5. The highest BCUT2D eigenvalue weighted by Gasteiger charge is 2.42. The number of aromatic nitrogens is 1. The quantitative estimate of drug-likeness (QED) is 0.654. The van der Waals surface area contributed by atoms with Crippen LogP contribution in [0.3, 0.4) is 0 Å². The third-order valence-electron chi connectivity index (χ3n) is 5.92. The summed E-state index contributed by atoms with van der Waals surface area (Å²) in [6, 6.07) is 9.34. The van der Waals surface area contributed by atoms with Gasteiger partial charge < -0.3 is 15.4 Å². The van der Waals surface area contributed by atoms with Crippen LogP contribution in [-0.4, -0.2) is 36.8 Å². The fourth-order valence-electron chi connectivity index (χ4n) is 4.33. The van der Waals surface area contributed by atoms with Gasteiger partial charge in [-0.2, -0.15) is 0 Å². The molecule has 0 bridgehead atoms. The second-order valence-corrected chi connectivity index (χ2v) is 7.57. The van der Waals surface area contributed by atoms with E-state index in [9.17, 15) is 4.39 Å². The van der Waals surface area contributed by atoms with E-state index >= 15 is 0 Å². The molecule has 3 aliphatic heterocycles.